The molecule has 2 aromatic rings. The minimum absolute atomic E-state index is 0.278. The van der Waals surface area contributed by atoms with Crippen LogP contribution in [-0.4, -0.2) is 34.6 Å². The number of rotatable bonds is 5. The first-order valence-corrected chi connectivity index (χ1v) is 7.72. The van der Waals surface area contributed by atoms with Crippen molar-refractivity contribution in [2.45, 2.75) is 19.3 Å². The fourth-order valence-electron chi connectivity index (χ4n) is 2.27. The molecule has 3 rings (SSSR count). The van der Waals surface area contributed by atoms with Gasteiger partial charge in [0, 0.05) is 24.5 Å². The third-order valence-corrected chi connectivity index (χ3v) is 4.20. The number of hydrogen-bond acceptors (Lipinski definition) is 7. The number of nitrogens with zero attached hydrogens (tertiary/aromatic N) is 4. The molecule has 1 fully saturated rings. The second-order valence-corrected chi connectivity index (χ2v) is 5.80. The smallest absolute Gasteiger partial charge is 0.231 e. The summed E-state index contributed by atoms with van der Waals surface area (Å²) >= 11 is 1.76. The monoisotopic (exact) mass is 290 g/mol. The van der Waals surface area contributed by atoms with E-state index in [-0.39, 0.29) is 5.95 Å². The van der Waals surface area contributed by atoms with Crippen LogP contribution in [0.25, 0.3) is 0 Å². The van der Waals surface area contributed by atoms with E-state index in [1.807, 2.05) is 0 Å². The zero-order valence-electron chi connectivity index (χ0n) is 11.2. The van der Waals surface area contributed by atoms with Gasteiger partial charge in [-0.1, -0.05) is 6.07 Å². The van der Waals surface area contributed by atoms with Crippen molar-refractivity contribution in [2.75, 3.05) is 35.6 Å². The van der Waals surface area contributed by atoms with Crippen molar-refractivity contribution in [1.82, 2.24) is 15.0 Å². The lowest BCUT2D eigenvalue weighted by atomic mass is 10.3. The topological polar surface area (TPSA) is 80.0 Å². The molecule has 0 radical (unpaired) electrons. The Morgan fingerprint density at radius 2 is 2.10 bits per heavy atom. The number of anilines is 3. The van der Waals surface area contributed by atoms with E-state index in [0.29, 0.717) is 11.9 Å². The summed E-state index contributed by atoms with van der Waals surface area (Å²) in [6, 6.07) is 4.19. The first-order valence-electron chi connectivity index (χ1n) is 6.84. The Morgan fingerprint density at radius 3 is 2.85 bits per heavy atom. The van der Waals surface area contributed by atoms with E-state index in [1.54, 1.807) is 11.3 Å². The quantitative estimate of drug-likeness (QED) is 0.873. The molecule has 2 aromatic heterocycles. The van der Waals surface area contributed by atoms with E-state index in [0.717, 1.165) is 26.1 Å². The molecule has 1 aliphatic heterocycles. The Balaban J connectivity index is 1.63. The summed E-state index contributed by atoms with van der Waals surface area (Å²) < 4.78 is 0. The highest BCUT2D eigenvalue weighted by atomic mass is 32.1. The van der Waals surface area contributed by atoms with Crippen LogP contribution in [0.15, 0.2) is 17.5 Å². The molecule has 1 aliphatic rings. The Labute approximate surface area is 122 Å². The molecule has 20 heavy (non-hydrogen) atoms. The molecular weight excluding hydrogens is 272 g/mol. The summed E-state index contributed by atoms with van der Waals surface area (Å²) in [5, 5.41) is 5.31. The van der Waals surface area contributed by atoms with Crippen LogP contribution >= 0.6 is 11.3 Å². The first kappa shape index (κ1) is 13.1. The minimum atomic E-state index is 0.278. The zero-order chi connectivity index (χ0) is 13.8. The lowest BCUT2D eigenvalue weighted by molar-refractivity contribution is 0.879. The van der Waals surface area contributed by atoms with Gasteiger partial charge in [0.1, 0.15) is 0 Å². The summed E-state index contributed by atoms with van der Waals surface area (Å²) in [4.78, 5) is 16.3. The zero-order valence-corrected chi connectivity index (χ0v) is 12.1. The van der Waals surface area contributed by atoms with Gasteiger partial charge in [-0.15, -0.1) is 11.3 Å². The Hall–Kier alpha value is -1.89. The molecule has 0 saturated carbocycles. The van der Waals surface area contributed by atoms with Crippen LogP contribution in [0.4, 0.5) is 17.8 Å². The van der Waals surface area contributed by atoms with Crippen LogP contribution in [0.1, 0.15) is 17.7 Å². The number of aromatic nitrogens is 3. The maximum Gasteiger partial charge on any atom is 0.231 e. The van der Waals surface area contributed by atoms with Crippen LogP contribution < -0.4 is 16.0 Å². The molecule has 3 heterocycles. The van der Waals surface area contributed by atoms with Crippen molar-refractivity contribution in [3.63, 3.8) is 0 Å². The Morgan fingerprint density at radius 1 is 1.25 bits per heavy atom. The van der Waals surface area contributed by atoms with Crippen LogP contribution in [-0.2, 0) is 6.42 Å². The van der Waals surface area contributed by atoms with Crippen molar-refractivity contribution in [2.24, 2.45) is 0 Å². The van der Waals surface area contributed by atoms with Gasteiger partial charge in [0.05, 0.1) is 0 Å². The lowest BCUT2D eigenvalue weighted by Crippen LogP contribution is -2.22. The molecule has 7 heteroatoms. The van der Waals surface area contributed by atoms with Gasteiger partial charge in [0.25, 0.3) is 0 Å². The molecule has 6 nitrogen and oxygen atoms in total. The summed E-state index contributed by atoms with van der Waals surface area (Å²) in [6.45, 7) is 2.79. The normalized spacial score (nSPS) is 14.7. The summed E-state index contributed by atoms with van der Waals surface area (Å²) in [5.41, 5.74) is 5.77. The molecule has 0 spiro atoms. The lowest BCUT2D eigenvalue weighted by Gasteiger charge is -2.15. The highest BCUT2D eigenvalue weighted by Gasteiger charge is 2.16. The average molecular weight is 290 g/mol. The van der Waals surface area contributed by atoms with E-state index in [2.05, 4.69) is 42.7 Å². The van der Waals surface area contributed by atoms with E-state index in [1.165, 1.54) is 17.7 Å². The standard InChI is InChI=1S/C13H18N6S/c14-11-16-12(15-6-5-10-4-3-9-20-10)18-13(17-11)19-7-1-2-8-19/h3-4,9H,1-2,5-8H2,(H3,14,15,16,17,18). The van der Waals surface area contributed by atoms with Crippen LogP contribution in [0, 0.1) is 0 Å². The van der Waals surface area contributed by atoms with Crippen molar-refractivity contribution in [3.8, 4) is 0 Å². The molecule has 0 atom stereocenters. The second kappa shape index (κ2) is 6.04. The summed E-state index contributed by atoms with van der Waals surface area (Å²) in [6.07, 6.45) is 3.34. The Kier molecular flexibility index (Phi) is 3.96. The van der Waals surface area contributed by atoms with Crippen LogP contribution in [0.2, 0.25) is 0 Å². The van der Waals surface area contributed by atoms with Gasteiger partial charge in [0.2, 0.25) is 17.8 Å². The molecule has 1 saturated heterocycles. The molecule has 0 aliphatic carbocycles. The van der Waals surface area contributed by atoms with Gasteiger partial charge in [-0.2, -0.15) is 15.0 Å². The number of nitrogens with one attached hydrogen (secondary N) is 1. The van der Waals surface area contributed by atoms with Crippen molar-refractivity contribution < 1.29 is 0 Å². The van der Waals surface area contributed by atoms with Crippen molar-refractivity contribution >= 4 is 29.2 Å². The van der Waals surface area contributed by atoms with Gasteiger partial charge in [-0.25, -0.2) is 0 Å². The summed E-state index contributed by atoms with van der Waals surface area (Å²) in [7, 11) is 0. The number of hydrogen-bond donors (Lipinski definition) is 2. The molecule has 0 aromatic carbocycles. The third-order valence-electron chi connectivity index (χ3n) is 3.26. The SMILES string of the molecule is Nc1nc(NCCc2cccs2)nc(N2CCCC2)n1. The van der Waals surface area contributed by atoms with Crippen molar-refractivity contribution in [1.29, 1.82) is 0 Å². The van der Waals surface area contributed by atoms with E-state index < -0.39 is 0 Å². The predicted octanol–water partition coefficient (Wildman–Crippen LogP) is 1.77. The van der Waals surface area contributed by atoms with Gasteiger partial charge in [-0.05, 0) is 30.7 Å². The van der Waals surface area contributed by atoms with Gasteiger partial charge in [-0.3, -0.25) is 0 Å². The van der Waals surface area contributed by atoms with Gasteiger partial charge in [0.15, 0.2) is 0 Å². The average Bonchev–Trinajstić information content (AvgIpc) is 3.11. The number of nitrogen functional groups attached to an aromatic ring is 1. The fraction of sp³-hybridized carbons (Fsp3) is 0.462. The second-order valence-electron chi connectivity index (χ2n) is 4.77. The third kappa shape index (κ3) is 3.16. The summed E-state index contributed by atoms with van der Waals surface area (Å²) in [5.74, 6) is 1.53. The predicted molar refractivity (Wildman–Crippen MR) is 82.2 cm³/mol. The fourth-order valence-corrected chi connectivity index (χ4v) is 2.98. The maximum atomic E-state index is 5.77. The highest BCUT2D eigenvalue weighted by molar-refractivity contribution is 7.09. The molecule has 0 unspecified atom stereocenters. The largest absolute Gasteiger partial charge is 0.368 e. The molecule has 0 amide bonds. The molecule has 0 bridgehead atoms. The highest BCUT2D eigenvalue weighted by Crippen LogP contribution is 2.17. The van der Waals surface area contributed by atoms with Gasteiger partial charge >= 0.3 is 0 Å². The molecule has 106 valence electrons. The van der Waals surface area contributed by atoms with E-state index >= 15 is 0 Å². The Bertz CT molecular complexity index is 550. The maximum absolute atomic E-state index is 5.77. The minimum Gasteiger partial charge on any atom is -0.368 e. The van der Waals surface area contributed by atoms with E-state index in [9.17, 15) is 0 Å². The molecule has 3 N–H and O–H groups in total. The van der Waals surface area contributed by atoms with Crippen LogP contribution in [0.5, 0.6) is 0 Å². The van der Waals surface area contributed by atoms with E-state index in [4.69, 9.17) is 5.73 Å². The van der Waals surface area contributed by atoms with Crippen molar-refractivity contribution in [3.05, 3.63) is 22.4 Å². The van der Waals surface area contributed by atoms with Crippen LogP contribution in [0.3, 0.4) is 0 Å². The van der Waals surface area contributed by atoms with Gasteiger partial charge < -0.3 is 16.0 Å². The molecular formula is C13H18N6S. The number of nitrogens with two attached hydrogens (primary N) is 1. The first-order chi connectivity index (χ1) is 9.81. The number of thiophene rings is 1.